The van der Waals surface area contributed by atoms with Crippen molar-refractivity contribution in [3.8, 4) is 0 Å². The van der Waals surface area contributed by atoms with Gasteiger partial charge in [-0.3, -0.25) is 0 Å². The molecule has 0 amide bonds. The van der Waals surface area contributed by atoms with Crippen LogP contribution in [0.25, 0.3) is 5.52 Å². The maximum atomic E-state index is 14.0. The topological polar surface area (TPSA) is 42.2 Å². The Morgan fingerprint density at radius 3 is 2.71 bits per heavy atom. The number of aromatic nitrogens is 3. The van der Waals surface area contributed by atoms with Crippen molar-refractivity contribution < 1.29 is 4.39 Å². The highest BCUT2D eigenvalue weighted by Gasteiger charge is 2.41. The van der Waals surface area contributed by atoms with Gasteiger partial charge in [0.15, 0.2) is 11.6 Å². The molecule has 0 aliphatic heterocycles. The summed E-state index contributed by atoms with van der Waals surface area (Å²) in [4.78, 5) is 4.23. The number of hydrogen-bond acceptors (Lipinski definition) is 3. The fourth-order valence-electron chi connectivity index (χ4n) is 4.22. The lowest BCUT2D eigenvalue weighted by molar-refractivity contribution is 0.0928. The summed E-state index contributed by atoms with van der Waals surface area (Å²) in [5, 5.41) is 7.62. The average Bonchev–Trinajstić information content (AvgIpc) is 2.84. The number of rotatable bonds is 2. The predicted molar refractivity (Wildman–Crippen MR) is 80.0 cm³/mol. The minimum Gasteiger partial charge on any atom is -0.365 e. The van der Waals surface area contributed by atoms with Crippen LogP contribution in [0.15, 0.2) is 12.3 Å². The van der Waals surface area contributed by atoms with E-state index in [-0.39, 0.29) is 11.1 Å². The number of anilines is 1. The van der Waals surface area contributed by atoms with Crippen molar-refractivity contribution in [2.75, 3.05) is 5.32 Å². The van der Waals surface area contributed by atoms with E-state index in [0.717, 1.165) is 5.92 Å². The second-order valence-corrected chi connectivity index (χ2v) is 6.73. The van der Waals surface area contributed by atoms with E-state index in [1.54, 1.807) is 6.20 Å². The summed E-state index contributed by atoms with van der Waals surface area (Å²) >= 11 is 5.96. The quantitative estimate of drug-likeness (QED) is 0.918. The molecule has 112 valence electrons. The minimum atomic E-state index is -0.317. The van der Waals surface area contributed by atoms with Crippen LogP contribution in [0.3, 0.4) is 0 Å². The fourth-order valence-corrected chi connectivity index (χ4v) is 4.39. The molecule has 0 spiro atoms. The van der Waals surface area contributed by atoms with Gasteiger partial charge in [0.2, 0.25) is 5.28 Å². The second kappa shape index (κ2) is 4.83. The summed E-state index contributed by atoms with van der Waals surface area (Å²) in [6.45, 7) is 2.29. The van der Waals surface area contributed by atoms with Gasteiger partial charge in [-0.05, 0) is 61.1 Å². The molecule has 2 bridgehead atoms. The van der Waals surface area contributed by atoms with Crippen molar-refractivity contribution in [1.29, 1.82) is 0 Å². The van der Waals surface area contributed by atoms with Crippen LogP contribution in [-0.4, -0.2) is 20.6 Å². The third-order valence-corrected chi connectivity index (χ3v) is 5.53. The maximum Gasteiger partial charge on any atom is 0.243 e. The Bertz CT molecular complexity index is 676. The molecule has 5 rings (SSSR count). The summed E-state index contributed by atoms with van der Waals surface area (Å²) in [5.41, 5.74) is 0.382. The molecule has 3 aliphatic rings. The zero-order valence-electron chi connectivity index (χ0n) is 11.9. The van der Waals surface area contributed by atoms with Crippen molar-refractivity contribution in [2.45, 2.75) is 38.6 Å². The molecule has 0 radical (unpaired) electrons. The van der Waals surface area contributed by atoms with Crippen molar-refractivity contribution >= 4 is 22.9 Å². The highest BCUT2D eigenvalue weighted by atomic mass is 35.5. The first-order chi connectivity index (χ1) is 10.1. The molecule has 2 heterocycles. The van der Waals surface area contributed by atoms with E-state index in [1.807, 2.05) is 0 Å². The highest BCUT2D eigenvalue weighted by Crippen LogP contribution is 2.46. The van der Waals surface area contributed by atoms with Crippen molar-refractivity contribution in [2.24, 2.45) is 17.8 Å². The molecule has 2 aromatic rings. The van der Waals surface area contributed by atoms with Gasteiger partial charge in [-0.25, -0.2) is 8.91 Å². The Hall–Kier alpha value is -1.36. The third-order valence-electron chi connectivity index (χ3n) is 5.37. The lowest BCUT2D eigenvalue weighted by Gasteiger charge is -2.47. The van der Waals surface area contributed by atoms with Gasteiger partial charge < -0.3 is 5.32 Å². The van der Waals surface area contributed by atoms with Crippen LogP contribution in [0.2, 0.25) is 5.28 Å². The predicted octanol–water partition coefficient (Wildman–Crippen LogP) is 3.76. The van der Waals surface area contributed by atoms with E-state index in [2.05, 4.69) is 22.3 Å². The Morgan fingerprint density at radius 1 is 1.29 bits per heavy atom. The number of fused-ring (bicyclic) bond motifs is 4. The molecule has 4 nitrogen and oxygen atoms in total. The van der Waals surface area contributed by atoms with Gasteiger partial charge in [0.25, 0.3) is 0 Å². The molecule has 0 aromatic carbocycles. The molecule has 2 aromatic heterocycles. The summed E-state index contributed by atoms with van der Waals surface area (Å²) < 4.78 is 15.5. The first-order valence-electron chi connectivity index (χ1n) is 7.60. The summed E-state index contributed by atoms with van der Waals surface area (Å²) in [6.07, 6.45) is 6.73. The Labute approximate surface area is 127 Å². The smallest absolute Gasteiger partial charge is 0.243 e. The number of nitrogens with zero attached hydrogens (tertiary/aromatic N) is 3. The maximum absolute atomic E-state index is 14.0. The van der Waals surface area contributed by atoms with Crippen LogP contribution in [0.4, 0.5) is 10.2 Å². The van der Waals surface area contributed by atoms with Gasteiger partial charge in [-0.2, -0.15) is 4.98 Å². The van der Waals surface area contributed by atoms with E-state index >= 15 is 0 Å². The number of nitrogens with one attached hydrogen (secondary N) is 1. The summed E-state index contributed by atoms with van der Waals surface area (Å²) in [5.74, 6) is 2.21. The largest absolute Gasteiger partial charge is 0.365 e. The van der Waals surface area contributed by atoms with E-state index in [1.165, 1.54) is 36.3 Å². The summed E-state index contributed by atoms with van der Waals surface area (Å²) in [6, 6.07) is 1.74. The van der Waals surface area contributed by atoms with Gasteiger partial charge in [0.1, 0.15) is 5.52 Å². The molecule has 1 N–H and O–H groups in total. The molecular formula is C15H18ClFN4. The Kier molecular flexibility index (Phi) is 3.06. The zero-order chi connectivity index (χ0) is 14.6. The van der Waals surface area contributed by atoms with Gasteiger partial charge in [0.05, 0.1) is 0 Å². The standard InChI is InChI=1S/C15H18ClFN4/c1-8-9-2-4-10(5-3-9)12(8)18-14-13-11(17)6-7-21(13)20-15(16)19-14/h6-10,12H,2-5H2,1H3,(H,18,19,20)/t8-,9?,10?,12+/m0/s1. The Balaban J connectivity index is 1.72. The molecule has 0 unspecified atom stereocenters. The van der Waals surface area contributed by atoms with Crippen LogP contribution in [0, 0.1) is 23.6 Å². The van der Waals surface area contributed by atoms with E-state index in [9.17, 15) is 4.39 Å². The molecular weight excluding hydrogens is 291 g/mol. The normalized spacial score (nSPS) is 31.8. The van der Waals surface area contributed by atoms with Crippen LogP contribution in [0.1, 0.15) is 32.6 Å². The first-order valence-corrected chi connectivity index (χ1v) is 7.98. The SMILES string of the molecule is C[C@H]1C2CCC(CC2)[C@@H]1Nc1nc(Cl)nn2ccc(F)c12. The average molecular weight is 309 g/mol. The minimum absolute atomic E-state index is 0.134. The molecule has 3 aliphatic carbocycles. The van der Waals surface area contributed by atoms with Crippen LogP contribution >= 0.6 is 11.6 Å². The van der Waals surface area contributed by atoms with Gasteiger partial charge in [-0.15, -0.1) is 5.10 Å². The van der Waals surface area contributed by atoms with Crippen LogP contribution in [0.5, 0.6) is 0 Å². The lowest BCUT2D eigenvalue weighted by atomic mass is 9.62. The molecule has 6 heteroatoms. The fraction of sp³-hybridized carbons (Fsp3) is 0.600. The summed E-state index contributed by atoms with van der Waals surface area (Å²) in [7, 11) is 0. The van der Waals surface area contributed by atoms with E-state index in [4.69, 9.17) is 11.6 Å². The first kappa shape index (κ1) is 13.3. The van der Waals surface area contributed by atoms with Crippen molar-refractivity contribution in [3.05, 3.63) is 23.4 Å². The van der Waals surface area contributed by atoms with Gasteiger partial charge >= 0.3 is 0 Å². The number of hydrogen-bond donors (Lipinski definition) is 1. The van der Waals surface area contributed by atoms with Crippen molar-refractivity contribution in [1.82, 2.24) is 14.6 Å². The monoisotopic (exact) mass is 308 g/mol. The molecule has 2 atom stereocenters. The van der Waals surface area contributed by atoms with Gasteiger partial charge in [0, 0.05) is 12.2 Å². The van der Waals surface area contributed by atoms with E-state index < -0.39 is 0 Å². The third kappa shape index (κ3) is 2.09. The highest BCUT2D eigenvalue weighted by molar-refractivity contribution is 6.28. The zero-order valence-corrected chi connectivity index (χ0v) is 12.6. The molecule has 0 saturated heterocycles. The lowest BCUT2D eigenvalue weighted by Crippen LogP contribution is -2.47. The van der Waals surface area contributed by atoms with Gasteiger partial charge in [-0.1, -0.05) is 6.92 Å². The second-order valence-electron chi connectivity index (χ2n) is 6.39. The van der Waals surface area contributed by atoms with Crippen LogP contribution < -0.4 is 5.32 Å². The number of halogens is 2. The molecule has 21 heavy (non-hydrogen) atoms. The van der Waals surface area contributed by atoms with Crippen molar-refractivity contribution in [3.63, 3.8) is 0 Å². The molecule has 3 fully saturated rings. The van der Waals surface area contributed by atoms with E-state index in [0.29, 0.717) is 29.2 Å². The molecule has 3 saturated carbocycles. The van der Waals surface area contributed by atoms with Crippen LogP contribution in [-0.2, 0) is 0 Å². The Morgan fingerprint density at radius 2 is 2.00 bits per heavy atom.